The van der Waals surface area contributed by atoms with Gasteiger partial charge in [-0.25, -0.2) is 4.68 Å². The van der Waals surface area contributed by atoms with Gasteiger partial charge in [0.25, 0.3) is 0 Å². The molecule has 0 fully saturated rings. The number of thioether (sulfide) groups is 1. The number of carbonyl (C=O) groups excluding carboxylic acids is 1. The molecule has 0 aliphatic heterocycles. The van der Waals surface area contributed by atoms with Crippen LogP contribution >= 0.6 is 11.8 Å². The van der Waals surface area contributed by atoms with E-state index in [4.69, 9.17) is 5.26 Å². The van der Waals surface area contributed by atoms with Crippen LogP contribution in [0, 0.1) is 11.3 Å². The molecule has 2 rings (SSSR count). The quantitative estimate of drug-likeness (QED) is 0.830. The van der Waals surface area contributed by atoms with Crippen LogP contribution in [0.4, 0.5) is 5.69 Å². The van der Waals surface area contributed by atoms with E-state index in [1.54, 1.807) is 36.0 Å². The summed E-state index contributed by atoms with van der Waals surface area (Å²) in [4.78, 5) is 11.7. The van der Waals surface area contributed by atoms with Gasteiger partial charge in [0, 0.05) is 24.9 Å². The lowest BCUT2D eigenvalue weighted by molar-refractivity contribution is -0.115. The molecule has 20 heavy (non-hydrogen) atoms. The van der Waals surface area contributed by atoms with Crippen LogP contribution in [-0.2, 0) is 11.8 Å². The third-order valence-electron chi connectivity index (χ3n) is 2.44. The molecule has 0 saturated carbocycles. The fraction of sp³-hybridized carbons (Fsp3) is 0.250. The first-order valence-electron chi connectivity index (χ1n) is 5.84. The molecule has 1 aromatic heterocycles. The largest absolute Gasteiger partial charge is 0.326 e. The highest BCUT2D eigenvalue weighted by Crippen LogP contribution is 2.14. The zero-order valence-electron chi connectivity index (χ0n) is 10.8. The van der Waals surface area contributed by atoms with Crippen molar-refractivity contribution in [3.63, 3.8) is 0 Å². The molecule has 1 aromatic carbocycles. The Hall–Kier alpha value is -2.40. The van der Waals surface area contributed by atoms with Crippen molar-refractivity contribution < 1.29 is 4.79 Å². The van der Waals surface area contributed by atoms with Gasteiger partial charge in [0.15, 0.2) is 0 Å². The normalized spacial score (nSPS) is 10.0. The Morgan fingerprint density at radius 3 is 2.80 bits per heavy atom. The monoisotopic (exact) mass is 288 g/mol. The molecule has 0 spiro atoms. The molecule has 2 aromatic rings. The molecule has 0 saturated heterocycles. The van der Waals surface area contributed by atoms with Crippen molar-refractivity contribution in [1.29, 1.82) is 5.26 Å². The highest BCUT2D eigenvalue weighted by atomic mass is 32.2. The van der Waals surface area contributed by atoms with Crippen LogP contribution in [-0.4, -0.2) is 31.9 Å². The maximum absolute atomic E-state index is 11.7. The maximum atomic E-state index is 11.7. The average Bonchev–Trinajstić information content (AvgIpc) is 2.85. The number of rotatable bonds is 5. The van der Waals surface area contributed by atoms with Crippen molar-refractivity contribution >= 4 is 23.4 Å². The summed E-state index contributed by atoms with van der Waals surface area (Å²) in [6.07, 6.45) is 0.359. The van der Waals surface area contributed by atoms with Gasteiger partial charge in [-0.05, 0) is 34.7 Å². The number of carbonyl (C=O) groups is 1. The van der Waals surface area contributed by atoms with E-state index < -0.39 is 0 Å². The Kier molecular flexibility index (Phi) is 4.68. The summed E-state index contributed by atoms with van der Waals surface area (Å²) < 4.78 is 1.56. The molecule has 0 aliphatic carbocycles. The minimum absolute atomic E-state index is 0.0858. The predicted octanol–water partition coefficient (Wildman–Crippen LogP) is 1.20. The molecule has 1 heterocycles. The van der Waals surface area contributed by atoms with Crippen molar-refractivity contribution in [3.8, 4) is 6.07 Å². The lowest BCUT2D eigenvalue weighted by Crippen LogP contribution is -2.12. The second kappa shape index (κ2) is 6.68. The first-order valence-corrected chi connectivity index (χ1v) is 6.83. The first kappa shape index (κ1) is 14.0. The number of amides is 1. The lowest BCUT2D eigenvalue weighted by atomic mass is 10.2. The standard InChI is InChI=1S/C12H12N6OS/c1-18-12(15-16-17-18)20-7-6-11(19)14-10-4-2-9(8-13)3-5-10/h2-5H,6-7H2,1H3,(H,14,19). The Morgan fingerprint density at radius 1 is 1.45 bits per heavy atom. The molecule has 102 valence electrons. The third kappa shape index (κ3) is 3.80. The predicted molar refractivity (Wildman–Crippen MR) is 73.9 cm³/mol. The van der Waals surface area contributed by atoms with Gasteiger partial charge < -0.3 is 5.32 Å². The van der Waals surface area contributed by atoms with Gasteiger partial charge in [-0.1, -0.05) is 11.8 Å². The van der Waals surface area contributed by atoms with Crippen LogP contribution in [0.1, 0.15) is 12.0 Å². The Labute approximate surface area is 120 Å². The summed E-state index contributed by atoms with van der Waals surface area (Å²) in [5, 5.41) is 23.2. The molecule has 7 nitrogen and oxygen atoms in total. The molecular formula is C12H12N6OS. The van der Waals surface area contributed by atoms with Crippen molar-refractivity contribution in [2.75, 3.05) is 11.1 Å². The summed E-state index contributed by atoms with van der Waals surface area (Å²) in [5.74, 6) is 0.508. The van der Waals surface area contributed by atoms with Crippen LogP contribution in [0.2, 0.25) is 0 Å². The number of anilines is 1. The fourth-order valence-electron chi connectivity index (χ4n) is 1.43. The maximum Gasteiger partial charge on any atom is 0.225 e. The number of aromatic nitrogens is 4. The van der Waals surface area contributed by atoms with E-state index in [9.17, 15) is 4.79 Å². The Bertz CT molecular complexity index is 630. The zero-order valence-corrected chi connectivity index (χ0v) is 11.6. The minimum Gasteiger partial charge on any atom is -0.326 e. The Balaban J connectivity index is 1.78. The van der Waals surface area contributed by atoms with E-state index in [-0.39, 0.29) is 5.91 Å². The molecule has 0 atom stereocenters. The van der Waals surface area contributed by atoms with E-state index in [2.05, 4.69) is 20.8 Å². The van der Waals surface area contributed by atoms with Gasteiger partial charge in [0.1, 0.15) is 0 Å². The van der Waals surface area contributed by atoms with Gasteiger partial charge in [-0.15, -0.1) is 5.10 Å². The van der Waals surface area contributed by atoms with Crippen LogP contribution in [0.3, 0.4) is 0 Å². The minimum atomic E-state index is -0.0858. The molecule has 0 bridgehead atoms. The summed E-state index contributed by atoms with van der Waals surface area (Å²) in [6, 6.07) is 8.76. The van der Waals surface area contributed by atoms with Gasteiger partial charge >= 0.3 is 0 Å². The summed E-state index contributed by atoms with van der Waals surface area (Å²) >= 11 is 1.42. The van der Waals surface area contributed by atoms with Crippen LogP contribution < -0.4 is 5.32 Å². The van der Waals surface area contributed by atoms with Crippen LogP contribution in [0.15, 0.2) is 29.4 Å². The molecule has 1 amide bonds. The van der Waals surface area contributed by atoms with Crippen molar-refractivity contribution in [2.45, 2.75) is 11.6 Å². The number of hydrogen-bond acceptors (Lipinski definition) is 6. The summed E-state index contributed by atoms with van der Waals surface area (Å²) in [6.45, 7) is 0. The van der Waals surface area contributed by atoms with Crippen LogP contribution in [0.25, 0.3) is 0 Å². The van der Waals surface area contributed by atoms with Gasteiger partial charge in [0.05, 0.1) is 11.6 Å². The first-order chi connectivity index (χ1) is 9.69. The molecular weight excluding hydrogens is 276 g/mol. The molecule has 8 heteroatoms. The highest BCUT2D eigenvalue weighted by molar-refractivity contribution is 7.99. The van der Waals surface area contributed by atoms with Gasteiger partial charge in [0.2, 0.25) is 11.1 Å². The van der Waals surface area contributed by atoms with Gasteiger partial charge in [-0.3, -0.25) is 4.79 Å². The molecule has 0 aliphatic rings. The topological polar surface area (TPSA) is 96.5 Å². The van der Waals surface area contributed by atoms with Crippen molar-refractivity contribution in [2.24, 2.45) is 7.05 Å². The third-order valence-corrected chi connectivity index (χ3v) is 3.45. The second-order valence-electron chi connectivity index (χ2n) is 3.92. The van der Waals surface area contributed by atoms with E-state index in [1.165, 1.54) is 11.8 Å². The zero-order chi connectivity index (χ0) is 14.4. The number of aryl methyl sites for hydroxylation is 1. The van der Waals surface area contributed by atoms with E-state index in [0.717, 1.165) is 0 Å². The average molecular weight is 288 g/mol. The van der Waals surface area contributed by atoms with E-state index in [1.807, 2.05) is 6.07 Å². The number of benzene rings is 1. The summed E-state index contributed by atoms with van der Waals surface area (Å²) in [7, 11) is 1.75. The number of hydrogen-bond donors (Lipinski definition) is 1. The number of nitrogens with zero attached hydrogens (tertiary/aromatic N) is 5. The molecule has 0 unspecified atom stereocenters. The molecule has 0 radical (unpaired) electrons. The second-order valence-corrected chi connectivity index (χ2v) is 4.98. The smallest absolute Gasteiger partial charge is 0.225 e. The fourth-order valence-corrected chi connectivity index (χ4v) is 2.22. The lowest BCUT2D eigenvalue weighted by Gasteiger charge is -2.04. The van der Waals surface area contributed by atoms with Crippen molar-refractivity contribution in [1.82, 2.24) is 20.2 Å². The van der Waals surface area contributed by atoms with E-state index in [0.29, 0.717) is 28.6 Å². The van der Waals surface area contributed by atoms with Crippen LogP contribution in [0.5, 0.6) is 0 Å². The Morgan fingerprint density at radius 2 is 2.20 bits per heavy atom. The van der Waals surface area contributed by atoms with Gasteiger partial charge in [-0.2, -0.15) is 5.26 Å². The number of tetrazole rings is 1. The van der Waals surface area contributed by atoms with E-state index >= 15 is 0 Å². The van der Waals surface area contributed by atoms with Crippen molar-refractivity contribution in [3.05, 3.63) is 29.8 Å². The number of nitriles is 1. The SMILES string of the molecule is Cn1nnnc1SCCC(=O)Nc1ccc(C#N)cc1. The molecule has 1 N–H and O–H groups in total. The highest BCUT2D eigenvalue weighted by Gasteiger charge is 2.06. The summed E-state index contributed by atoms with van der Waals surface area (Å²) in [5.41, 5.74) is 1.24. The number of nitrogens with one attached hydrogen (secondary N) is 1.